The third-order valence-corrected chi connectivity index (χ3v) is 3.42. The summed E-state index contributed by atoms with van der Waals surface area (Å²) in [5.41, 5.74) is 0. The van der Waals surface area contributed by atoms with Gasteiger partial charge in [-0.05, 0) is 26.7 Å². The molecule has 0 aromatic carbocycles. The number of hydrogen-bond acceptors (Lipinski definition) is 4. The summed E-state index contributed by atoms with van der Waals surface area (Å²) in [5, 5.41) is 6.27. The quantitative estimate of drug-likeness (QED) is 0.758. The molecule has 110 valence electrons. The number of hydrogen-bond donors (Lipinski definition) is 2. The van der Waals surface area contributed by atoms with Crippen LogP contribution in [0.4, 0.5) is 0 Å². The lowest BCUT2D eigenvalue weighted by Gasteiger charge is -2.36. The first-order valence-electron chi connectivity index (χ1n) is 7.07. The van der Waals surface area contributed by atoms with Crippen molar-refractivity contribution in [3.63, 3.8) is 0 Å². The minimum absolute atomic E-state index is 0.0189. The molecule has 0 radical (unpaired) electrons. The molecule has 0 aromatic heterocycles. The molecule has 0 bridgehead atoms. The van der Waals surface area contributed by atoms with Crippen molar-refractivity contribution in [3.05, 3.63) is 0 Å². The number of piperazine rings is 1. The molecule has 1 fully saturated rings. The third kappa shape index (κ3) is 5.28. The third-order valence-electron chi connectivity index (χ3n) is 3.42. The second-order valence-corrected chi connectivity index (χ2v) is 6.06. The minimum Gasteiger partial charge on any atom is -0.345 e. The molecular weight excluding hydrogens is 242 g/mol. The Hall–Kier alpha value is -0.940. The van der Waals surface area contributed by atoms with Gasteiger partial charge in [0, 0.05) is 25.2 Å². The summed E-state index contributed by atoms with van der Waals surface area (Å²) >= 11 is 0. The van der Waals surface area contributed by atoms with E-state index in [1.54, 1.807) is 0 Å². The van der Waals surface area contributed by atoms with Crippen LogP contribution in [0.2, 0.25) is 0 Å². The van der Waals surface area contributed by atoms with E-state index in [2.05, 4.69) is 29.4 Å². The zero-order chi connectivity index (χ0) is 14.6. The number of nitrogens with one attached hydrogen (secondary N) is 2. The standard InChI is InChI=1S/C14H27N3O2/c1-9(2)14(12(5)18)16-13(19)8-17-6-10(3)15-11(4)7-17/h9-11,14-15H,6-8H2,1-5H3,(H,16,19). The number of ketones is 1. The number of carbonyl (C=O) groups excluding carboxylic acids is 2. The summed E-state index contributed by atoms with van der Waals surface area (Å²) in [6, 6.07) is 0.417. The van der Waals surface area contributed by atoms with Crippen LogP contribution in [0.1, 0.15) is 34.6 Å². The van der Waals surface area contributed by atoms with E-state index in [1.807, 2.05) is 13.8 Å². The fourth-order valence-corrected chi connectivity index (χ4v) is 2.73. The Kier molecular flexibility index (Phi) is 5.94. The molecule has 1 saturated heterocycles. The first-order valence-corrected chi connectivity index (χ1v) is 7.07. The van der Waals surface area contributed by atoms with E-state index >= 15 is 0 Å². The number of carbonyl (C=O) groups is 2. The average Bonchev–Trinajstić information content (AvgIpc) is 2.23. The van der Waals surface area contributed by atoms with Gasteiger partial charge in [0.2, 0.25) is 5.91 Å². The highest BCUT2D eigenvalue weighted by molar-refractivity contribution is 5.88. The second kappa shape index (κ2) is 7.01. The van der Waals surface area contributed by atoms with Gasteiger partial charge in [-0.15, -0.1) is 0 Å². The summed E-state index contributed by atoms with van der Waals surface area (Å²) in [7, 11) is 0. The van der Waals surface area contributed by atoms with Crippen LogP contribution in [-0.2, 0) is 9.59 Å². The molecule has 0 spiro atoms. The maximum atomic E-state index is 12.0. The van der Waals surface area contributed by atoms with Crippen LogP contribution in [-0.4, -0.2) is 54.4 Å². The first-order chi connectivity index (χ1) is 8.79. The van der Waals surface area contributed by atoms with Crippen molar-refractivity contribution in [2.45, 2.75) is 52.7 Å². The lowest BCUT2D eigenvalue weighted by Crippen LogP contribution is -2.57. The largest absolute Gasteiger partial charge is 0.345 e. The van der Waals surface area contributed by atoms with Gasteiger partial charge in [-0.2, -0.15) is 0 Å². The summed E-state index contributed by atoms with van der Waals surface area (Å²) in [6.07, 6.45) is 0. The average molecular weight is 269 g/mol. The maximum Gasteiger partial charge on any atom is 0.234 e. The zero-order valence-corrected chi connectivity index (χ0v) is 12.7. The Labute approximate surface area is 116 Å². The monoisotopic (exact) mass is 269 g/mol. The Balaban J connectivity index is 2.48. The Morgan fingerprint density at radius 1 is 1.26 bits per heavy atom. The topological polar surface area (TPSA) is 61.4 Å². The smallest absolute Gasteiger partial charge is 0.234 e. The van der Waals surface area contributed by atoms with Crippen LogP contribution >= 0.6 is 0 Å². The Morgan fingerprint density at radius 3 is 2.21 bits per heavy atom. The highest BCUT2D eigenvalue weighted by Crippen LogP contribution is 2.05. The minimum atomic E-state index is -0.370. The van der Waals surface area contributed by atoms with Crippen LogP contribution in [0.3, 0.4) is 0 Å². The van der Waals surface area contributed by atoms with Crippen LogP contribution in [0.15, 0.2) is 0 Å². The number of amides is 1. The van der Waals surface area contributed by atoms with E-state index in [0.29, 0.717) is 18.6 Å². The summed E-state index contributed by atoms with van der Waals surface area (Å²) in [6.45, 7) is 11.8. The van der Waals surface area contributed by atoms with Crippen molar-refractivity contribution in [2.24, 2.45) is 5.92 Å². The van der Waals surface area contributed by atoms with Gasteiger partial charge < -0.3 is 10.6 Å². The Morgan fingerprint density at radius 2 is 1.79 bits per heavy atom. The van der Waals surface area contributed by atoms with E-state index in [1.165, 1.54) is 6.92 Å². The van der Waals surface area contributed by atoms with Gasteiger partial charge in [0.25, 0.3) is 0 Å². The summed E-state index contributed by atoms with van der Waals surface area (Å²) in [5.74, 6) is 0.0860. The van der Waals surface area contributed by atoms with Gasteiger partial charge in [-0.25, -0.2) is 0 Å². The molecule has 0 aliphatic carbocycles. The SMILES string of the molecule is CC(=O)C(NC(=O)CN1CC(C)NC(C)C1)C(C)C. The number of Topliss-reactive ketones (excluding diaryl/α,β-unsaturated/α-hetero) is 1. The molecule has 1 aliphatic rings. The predicted octanol–water partition coefficient (Wildman–Crippen LogP) is 0.398. The van der Waals surface area contributed by atoms with Crippen molar-refractivity contribution in [2.75, 3.05) is 19.6 Å². The predicted molar refractivity (Wildman–Crippen MR) is 75.9 cm³/mol. The number of nitrogens with zero attached hydrogens (tertiary/aromatic N) is 1. The van der Waals surface area contributed by atoms with Gasteiger partial charge >= 0.3 is 0 Å². The highest BCUT2D eigenvalue weighted by Gasteiger charge is 2.25. The number of rotatable bonds is 5. The van der Waals surface area contributed by atoms with Gasteiger partial charge in [0.15, 0.2) is 5.78 Å². The molecule has 1 rings (SSSR count). The van der Waals surface area contributed by atoms with Gasteiger partial charge in [0.05, 0.1) is 12.6 Å². The normalized spacial score (nSPS) is 26.2. The van der Waals surface area contributed by atoms with Crippen molar-refractivity contribution in [1.82, 2.24) is 15.5 Å². The molecule has 0 aromatic rings. The van der Waals surface area contributed by atoms with E-state index < -0.39 is 0 Å². The molecular formula is C14H27N3O2. The fraction of sp³-hybridized carbons (Fsp3) is 0.857. The van der Waals surface area contributed by atoms with Crippen LogP contribution < -0.4 is 10.6 Å². The lowest BCUT2D eigenvalue weighted by atomic mass is 10.0. The molecule has 19 heavy (non-hydrogen) atoms. The van der Waals surface area contributed by atoms with Crippen LogP contribution in [0.5, 0.6) is 0 Å². The molecule has 0 saturated carbocycles. The zero-order valence-electron chi connectivity index (χ0n) is 12.7. The molecule has 1 aliphatic heterocycles. The summed E-state index contributed by atoms with van der Waals surface area (Å²) < 4.78 is 0. The van der Waals surface area contributed by atoms with Gasteiger partial charge in [0.1, 0.15) is 0 Å². The lowest BCUT2D eigenvalue weighted by molar-refractivity contribution is -0.128. The van der Waals surface area contributed by atoms with Crippen molar-refractivity contribution in [1.29, 1.82) is 0 Å². The van der Waals surface area contributed by atoms with Crippen molar-refractivity contribution < 1.29 is 9.59 Å². The molecule has 3 atom stereocenters. The van der Waals surface area contributed by atoms with E-state index in [-0.39, 0.29) is 23.7 Å². The first kappa shape index (κ1) is 16.1. The van der Waals surface area contributed by atoms with E-state index in [4.69, 9.17) is 0 Å². The van der Waals surface area contributed by atoms with E-state index in [9.17, 15) is 9.59 Å². The van der Waals surface area contributed by atoms with E-state index in [0.717, 1.165) is 13.1 Å². The molecule has 3 unspecified atom stereocenters. The second-order valence-electron chi connectivity index (χ2n) is 6.06. The summed E-state index contributed by atoms with van der Waals surface area (Å²) in [4.78, 5) is 25.6. The molecule has 1 heterocycles. The van der Waals surface area contributed by atoms with Crippen LogP contribution in [0, 0.1) is 5.92 Å². The molecule has 5 heteroatoms. The van der Waals surface area contributed by atoms with Gasteiger partial charge in [-0.1, -0.05) is 13.8 Å². The van der Waals surface area contributed by atoms with Gasteiger partial charge in [-0.3, -0.25) is 14.5 Å². The fourth-order valence-electron chi connectivity index (χ4n) is 2.73. The van der Waals surface area contributed by atoms with Crippen molar-refractivity contribution in [3.8, 4) is 0 Å². The maximum absolute atomic E-state index is 12.0. The highest BCUT2D eigenvalue weighted by atomic mass is 16.2. The Bertz CT molecular complexity index is 321. The van der Waals surface area contributed by atoms with Crippen LogP contribution in [0.25, 0.3) is 0 Å². The molecule has 5 nitrogen and oxygen atoms in total. The van der Waals surface area contributed by atoms with Crippen molar-refractivity contribution >= 4 is 11.7 Å². The molecule has 1 amide bonds. The molecule has 2 N–H and O–H groups in total.